The van der Waals surface area contributed by atoms with Crippen LogP contribution in [0.5, 0.6) is 11.5 Å². The van der Waals surface area contributed by atoms with Gasteiger partial charge in [-0.05, 0) is 183 Å². The van der Waals surface area contributed by atoms with E-state index in [-0.39, 0.29) is 17.5 Å². The van der Waals surface area contributed by atoms with Gasteiger partial charge in [0.1, 0.15) is 23.1 Å². The largest absolute Gasteiger partial charge is 0.494 e. The molecule has 1 heterocycles. The Kier molecular flexibility index (Phi) is 20.8. The Morgan fingerprint density at radius 3 is 2.12 bits per heavy atom. The van der Waals surface area contributed by atoms with Gasteiger partial charge in [0, 0.05) is 30.7 Å². The van der Waals surface area contributed by atoms with Gasteiger partial charge in [-0.15, -0.1) is 0 Å². The summed E-state index contributed by atoms with van der Waals surface area (Å²) in [7, 11) is 0. The average Bonchev–Trinajstić information content (AvgIpc) is 4.01. The third-order valence-corrected chi connectivity index (χ3v) is 18.8. The Bertz CT molecular complexity index is 2380. The number of esters is 1. The van der Waals surface area contributed by atoms with Crippen LogP contribution in [0.25, 0.3) is 22.6 Å². The molecule has 0 radical (unpaired) electrons. The number of aliphatic imine (C=N–C) groups is 1. The van der Waals surface area contributed by atoms with Crippen LogP contribution in [0, 0.1) is 46.3 Å². The predicted octanol–water partition coefficient (Wildman–Crippen LogP) is 19.2. The Morgan fingerprint density at radius 1 is 0.730 bits per heavy atom. The minimum absolute atomic E-state index is 0.0300. The number of benzene rings is 3. The summed E-state index contributed by atoms with van der Waals surface area (Å²) in [4.78, 5) is 22.5. The lowest BCUT2D eigenvalue weighted by Gasteiger charge is -2.58. The third kappa shape index (κ3) is 15.0. The zero-order valence-corrected chi connectivity index (χ0v) is 47.0. The Labute approximate surface area is 447 Å². The Morgan fingerprint density at radius 2 is 1.41 bits per heavy atom. The molecule has 0 spiro atoms. The van der Waals surface area contributed by atoms with Crippen molar-refractivity contribution < 1.29 is 23.4 Å². The molecule has 3 aromatic carbocycles. The van der Waals surface area contributed by atoms with Gasteiger partial charge in [0.2, 0.25) is 5.89 Å². The van der Waals surface area contributed by atoms with E-state index in [0.29, 0.717) is 24.3 Å². The maximum absolute atomic E-state index is 13.1. The van der Waals surface area contributed by atoms with E-state index in [1.165, 1.54) is 122 Å². The lowest BCUT2D eigenvalue weighted by molar-refractivity contribution is -0.151. The Balaban J connectivity index is 0.682. The lowest BCUT2D eigenvalue weighted by atomic mass is 9.47. The molecular formula is C67H96N2O5. The van der Waals surface area contributed by atoms with E-state index < -0.39 is 0 Å². The zero-order valence-electron chi connectivity index (χ0n) is 47.0. The molecule has 1 aromatic heterocycles. The van der Waals surface area contributed by atoms with Gasteiger partial charge < -0.3 is 18.6 Å². The van der Waals surface area contributed by atoms with Crippen molar-refractivity contribution in [3.05, 3.63) is 83.9 Å². The van der Waals surface area contributed by atoms with Gasteiger partial charge >= 0.3 is 5.97 Å². The van der Waals surface area contributed by atoms with E-state index in [1.807, 2.05) is 72.9 Å². The molecule has 3 fully saturated rings. The van der Waals surface area contributed by atoms with Crippen LogP contribution in [-0.4, -0.2) is 36.5 Å². The minimum atomic E-state index is -0.0300. The maximum Gasteiger partial charge on any atom is 0.306 e. The average molecular weight is 1010 g/mol. The van der Waals surface area contributed by atoms with Crippen LogP contribution in [0.3, 0.4) is 0 Å². The lowest BCUT2D eigenvalue weighted by Crippen LogP contribution is -2.51. The van der Waals surface area contributed by atoms with Gasteiger partial charge in [-0.2, -0.15) is 0 Å². The smallest absolute Gasteiger partial charge is 0.306 e. The maximum atomic E-state index is 13.1. The quantitative estimate of drug-likeness (QED) is 0.0224. The first-order valence-corrected chi connectivity index (χ1v) is 30.3. The topological polar surface area (TPSA) is 83.2 Å². The number of hydrogen-bond donors (Lipinski definition) is 0. The van der Waals surface area contributed by atoms with Crippen LogP contribution in [0.15, 0.2) is 87.8 Å². The van der Waals surface area contributed by atoms with Crippen LogP contribution in [-0.2, 0) is 9.53 Å². The van der Waals surface area contributed by atoms with Crippen molar-refractivity contribution in [2.45, 2.75) is 221 Å². The molecule has 3 saturated carbocycles. The van der Waals surface area contributed by atoms with Crippen molar-refractivity contribution >= 4 is 29.0 Å². The molecule has 74 heavy (non-hydrogen) atoms. The van der Waals surface area contributed by atoms with Crippen LogP contribution in [0.4, 0.5) is 5.69 Å². The molecule has 0 N–H and O–H groups in total. The summed E-state index contributed by atoms with van der Waals surface area (Å²) >= 11 is 0. The SMILES string of the molecule is CCCCCCCCCCCCCCOc1ccc2nc(-c3ccc(N=Cc4ccc(OCCCCCC(=O)OC5CC[C@@]6(C)C(=CC[C@H]7[C@@H]8CC[C@H]([C@H](C)CCCC(C)C)[C@@]8(C)CC[C@@H]76)C5)cc4)cc3)oc2c1. The zero-order chi connectivity index (χ0) is 51.8. The first kappa shape index (κ1) is 55.8. The molecule has 0 amide bonds. The van der Waals surface area contributed by atoms with Crippen molar-refractivity contribution in [1.29, 1.82) is 0 Å². The fourth-order valence-corrected chi connectivity index (χ4v) is 14.5. The predicted molar refractivity (Wildman–Crippen MR) is 307 cm³/mol. The van der Waals surface area contributed by atoms with Crippen molar-refractivity contribution in [3.63, 3.8) is 0 Å². The normalized spacial score (nSPS) is 24.9. The number of fused-ring (bicyclic) bond motifs is 6. The van der Waals surface area contributed by atoms with Gasteiger partial charge in [0.15, 0.2) is 5.58 Å². The number of unbranched alkanes of at least 4 members (excludes halogenated alkanes) is 13. The summed E-state index contributed by atoms with van der Waals surface area (Å²) in [6, 6.07) is 21.9. The summed E-state index contributed by atoms with van der Waals surface area (Å²) in [5, 5.41) is 0. The molecule has 404 valence electrons. The van der Waals surface area contributed by atoms with Gasteiger partial charge in [0.05, 0.1) is 18.9 Å². The van der Waals surface area contributed by atoms with Crippen molar-refractivity contribution in [2.24, 2.45) is 51.3 Å². The first-order chi connectivity index (χ1) is 36.0. The van der Waals surface area contributed by atoms with Gasteiger partial charge in [0.25, 0.3) is 0 Å². The van der Waals surface area contributed by atoms with Crippen molar-refractivity contribution in [3.8, 4) is 23.0 Å². The number of hydrogen-bond acceptors (Lipinski definition) is 7. The molecule has 4 aromatic rings. The highest BCUT2D eigenvalue weighted by molar-refractivity contribution is 5.82. The molecule has 8 rings (SSSR count). The van der Waals surface area contributed by atoms with Gasteiger partial charge in [-0.1, -0.05) is 143 Å². The number of ether oxygens (including phenoxy) is 3. The molecule has 7 nitrogen and oxygen atoms in total. The first-order valence-electron chi connectivity index (χ1n) is 30.3. The molecular weight excluding hydrogens is 913 g/mol. The van der Waals surface area contributed by atoms with Gasteiger partial charge in [-0.25, -0.2) is 4.98 Å². The Hall–Kier alpha value is -4.39. The van der Waals surface area contributed by atoms with E-state index in [2.05, 4.69) is 47.6 Å². The number of rotatable bonds is 30. The number of allylic oxidation sites excluding steroid dienone is 1. The van der Waals surface area contributed by atoms with E-state index in [0.717, 1.165) is 126 Å². The van der Waals surface area contributed by atoms with Crippen LogP contribution in [0.2, 0.25) is 0 Å². The monoisotopic (exact) mass is 1010 g/mol. The second-order valence-electron chi connectivity index (χ2n) is 24.6. The fourth-order valence-electron chi connectivity index (χ4n) is 14.5. The second-order valence-corrected chi connectivity index (χ2v) is 24.6. The molecule has 8 atom stereocenters. The van der Waals surface area contributed by atoms with E-state index in [4.69, 9.17) is 28.6 Å². The molecule has 4 aliphatic rings. The molecule has 0 bridgehead atoms. The van der Waals surface area contributed by atoms with Crippen LogP contribution < -0.4 is 9.47 Å². The minimum Gasteiger partial charge on any atom is -0.494 e. The van der Waals surface area contributed by atoms with E-state index >= 15 is 0 Å². The fraction of sp³-hybridized carbons (Fsp3) is 0.657. The summed E-state index contributed by atoms with van der Waals surface area (Å²) < 4.78 is 24.5. The van der Waals surface area contributed by atoms with Crippen molar-refractivity contribution in [1.82, 2.24) is 4.98 Å². The number of aromatic nitrogens is 1. The van der Waals surface area contributed by atoms with E-state index in [9.17, 15) is 4.79 Å². The van der Waals surface area contributed by atoms with Crippen LogP contribution >= 0.6 is 0 Å². The van der Waals surface area contributed by atoms with Crippen molar-refractivity contribution in [2.75, 3.05) is 13.2 Å². The summed E-state index contributed by atoms with van der Waals surface area (Å²) in [6.07, 6.45) is 37.9. The number of oxazole rings is 1. The number of carbonyl (C=O) groups is 1. The van der Waals surface area contributed by atoms with E-state index in [1.54, 1.807) is 5.57 Å². The number of carbonyl (C=O) groups excluding carboxylic acids is 1. The second kappa shape index (κ2) is 27.6. The highest BCUT2D eigenvalue weighted by atomic mass is 16.5. The summed E-state index contributed by atoms with van der Waals surface area (Å²) in [5.74, 6) is 7.29. The molecule has 4 aliphatic carbocycles. The molecule has 7 heteroatoms. The van der Waals surface area contributed by atoms with Crippen LogP contribution in [0.1, 0.15) is 220 Å². The number of nitrogens with zero attached hydrogens (tertiary/aromatic N) is 2. The highest BCUT2D eigenvalue weighted by Gasteiger charge is 2.59. The standard InChI is InChI=1S/C67H96N2O5/c1-7-8-9-10-11-12-13-14-15-16-17-20-45-72-56-35-39-62-63(47-56)74-65(69-62)52-28-31-54(32-29-52)68-48-51-26-33-55(34-27-51)71-44-21-18-19-25-64(70)73-57-40-42-66(5)53(46-57)30-36-58-60-38-37-59(50(4)24-22-23-49(2)3)67(60,6)43-41-61(58)66/h26-35,39,47-50,57-61H,7-25,36-38,40-46H2,1-6H3/t50-,57?,58+,59-,60+,61+,66+,67-/m1/s1. The third-order valence-electron chi connectivity index (χ3n) is 18.8. The summed E-state index contributed by atoms with van der Waals surface area (Å²) in [5.41, 5.74) is 6.70. The molecule has 1 unspecified atom stereocenters. The molecule has 0 saturated heterocycles. The molecule has 0 aliphatic heterocycles. The van der Waals surface area contributed by atoms with Gasteiger partial charge in [-0.3, -0.25) is 9.79 Å². The summed E-state index contributed by atoms with van der Waals surface area (Å²) in [6.45, 7) is 16.2. The highest BCUT2D eigenvalue weighted by Crippen LogP contribution is 2.67.